The number of hydrogen-bond acceptors (Lipinski definition) is 7. The van der Waals surface area contributed by atoms with Crippen molar-refractivity contribution in [2.24, 2.45) is 0 Å². The van der Waals surface area contributed by atoms with Crippen LogP contribution in [0.1, 0.15) is 58.2 Å². The van der Waals surface area contributed by atoms with Gasteiger partial charge >= 0.3 is 0 Å². The standard InChI is InChI=1S/C27H30N2O6S/c1-26(2,3)17-9-15(10-18(23(17)31)27(4,5)6)11-21-24(32)29(25(33)36-21)13-22(30)28-16-7-8-19-20(12-16)35-14-34-19/h7-12,31H,13-14H2,1-6H3,(H,28,30)/b21-11-. The van der Waals surface area contributed by atoms with E-state index >= 15 is 0 Å². The number of fused-ring (bicyclic) bond motifs is 1. The fourth-order valence-electron chi connectivity index (χ4n) is 3.99. The first kappa shape index (κ1) is 25.6. The van der Waals surface area contributed by atoms with Crippen molar-refractivity contribution in [2.45, 2.75) is 52.4 Å². The van der Waals surface area contributed by atoms with Crippen molar-refractivity contribution in [1.29, 1.82) is 0 Å². The first-order valence-corrected chi connectivity index (χ1v) is 12.4. The third-order valence-corrected chi connectivity index (χ3v) is 6.79. The second-order valence-corrected chi connectivity index (χ2v) is 11.8. The molecule has 0 bridgehead atoms. The minimum Gasteiger partial charge on any atom is -0.507 e. The molecule has 2 aromatic carbocycles. The molecule has 2 aliphatic heterocycles. The molecule has 0 atom stereocenters. The minimum absolute atomic E-state index is 0.116. The molecular weight excluding hydrogens is 480 g/mol. The van der Waals surface area contributed by atoms with Gasteiger partial charge in [-0.25, -0.2) is 0 Å². The van der Waals surface area contributed by atoms with Crippen LogP contribution in [0.5, 0.6) is 17.2 Å². The number of amides is 3. The van der Waals surface area contributed by atoms with Crippen molar-refractivity contribution in [3.05, 3.63) is 51.9 Å². The van der Waals surface area contributed by atoms with Crippen LogP contribution >= 0.6 is 11.8 Å². The fourth-order valence-corrected chi connectivity index (χ4v) is 4.83. The lowest BCUT2D eigenvalue weighted by molar-refractivity contribution is -0.127. The van der Waals surface area contributed by atoms with Crippen LogP contribution in [0.4, 0.5) is 10.5 Å². The summed E-state index contributed by atoms with van der Waals surface area (Å²) in [5.74, 6) is 0.295. The highest BCUT2D eigenvalue weighted by Crippen LogP contribution is 2.41. The summed E-state index contributed by atoms with van der Waals surface area (Å²) in [5, 5.41) is 13.1. The van der Waals surface area contributed by atoms with E-state index in [4.69, 9.17) is 9.47 Å². The predicted octanol–water partition coefficient (Wildman–Crippen LogP) is 5.39. The number of aromatic hydroxyl groups is 1. The molecule has 0 saturated carbocycles. The van der Waals surface area contributed by atoms with Crippen LogP contribution in [0, 0.1) is 0 Å². The highest BCUT2D eigenvalue weighted by atomic mass is 32.2. The lowest BCUT2D eigenvalue weighted by Crippen LogP contribution is -2.36. The number of ether oxygens (including phenoxy) is 2. The van der Waals surface area contributed by atoms with E-state index in [2.05, 4.69) is 5.32 Å². The van der Waals surface area contributed by atoms with Crippen molar-refractivity contribution >= 4 is 40.6 Å². The number of imide groups is 1. The summed E-state index contributed by atoms with van der Waals surface area (Å²) in [4.78, 5) is 39.4. The maximum absolute atomic E-state index is 13.0. The molecule has 0 aliphatic carbocycles. The zero-order chi connectivity index (χ0) is 26.4. The molecule has 4 rings (SSSR count). The molecule has 2 aliphatic rings. The van der Waals surface area contributed by atoms with Gasteiger partial charge in [-0.05, 0) is 58.5 Å². The molecule has 3 amide bonds. The smallest absolute Gasteiger partial charge is 0.294 e. The number of benzene rings is 2. The zero-order valence-corrected chi connectivity index (χ0v) is 22.0. The molecular formula is C27H30N2O6S. The van der Waals surface area contributed by atoms with E-state index in [9.17, 15) is 19.5 Å². The van der Waals surface area contributed by atoms with E-state index in [0.717, 1.165) is 27.8 Å². The van der Waals surface area contributed by atoms with E-state index in [1.54, 1.807) is 24.3 Å². The van der Waals surface area contributed by atoms with Crippen LogP contribution in [0.25, 0.3) is 6.08 Å². The van der Waals surface area contributed by atoms with Gasteiger partial charge < -0.3 is 19.9 Å². The molecule has 190 valence electrons. The Balaban J connectivity index is 1.55. The highest BCUT2D eigenvalue weighted by Gasteiger charge is 2.36. The molecule has 8 nitrogen and oxygen atoms in total. The van der Waals surface area contributed by atoms with E-state index in [1.165, 1.54) is 0 Å². The number of nitrogens with one attached hydrogen (secondary N) is 1. The summed E-state index contributed by atoms with van der Waals surface area (Å²) >= 11 is 0.792. The molecule has 2 aromatic rings. The van der Waals surface area contributed by atoms with Crippen LogP contribution in [0.15, 0.2) is 35.2 Å². The average Bonchev–Trinajstić information content (AvgIpc) is 3.33. The summed E-state index contributed by atoms with van der Waals surface area (Å²) in [5.41, 5.74) is 2.02. The second-order valence-electron chi connectivity index (χ2n) is 10.8. The highest BCUT2D eigenvalue weighted by molar-refractivity contribution is 8.18. The fraction of sp³-hybridized carbons (Fsp3) is 0.370. The van der Waals surface area contributed by atoms with Crippen LogP contribution in [-0.4, -0.2) is 40.4 Å². The maximum atomic E-state index is 13.0. The summed E-state index contributed by atoms with van der Waals surface area (Å²) < 4.78 is 10.6. The van der Waals surface area contributed by atoms with Crippen LogP contribution in [-0.2, 0) is 20.4 Å². The van der Waals surface area contributed by atoms with Gasteiger partial charge in [-0.2, -0.15) is 0 Å². The van der Waals surface area contributed by atoms with E-state index in [-0.39, 0.29) is 28.3 Å². The Bertz CT molecular complexity index is 1250. The van der Waals surface area contributed by atoms with Gasteiger partial charge in [0.15, 0.2) is 11.5 Å². The first-order chi connectivity index (χ1) is 16.7. The van der Waals surface area contributed by atoms with Gasteiger partial charge in [0.1, 0.15) is 12.3 Å². The predicted molar refractivity (Wildman–Crippen MR) is 139 cm³/mol. The van der Waals surface area contributed by atoms with Crippen LogP contribution in [0.2, 0.25) is 0 Å². The van der Waals surface area contributed by atoms with Crippen molar-refractivity contribution in [1.82, 2.24) is 4.90 Å². The monoisotopic (exact) mass is 510 g/mol. The molecule has 9 heteroatoms. The van der Waals surface area contributed by atoms with Gasteiger partial charge in [0.2, 0.25) is 12.7 Å². The van der Waals surface area contributed by atoms with Gasteiger partial charge in [-0.3, -0.25) is 19.3 Å². The average molecular weight is 511 g/mol. The van der Waals surface area contributed by atoms with E-state index in [0.29, 0.717) is 22.7 Å². The topological polar surface area (TPSA) is 105 Å². The molecule has 0 radical (unpaired) electrons. The zero-order valence-electron chi connectivity index (χ0n) is 21.2. The van der Waals surface area contributed by atoms with Crippen molar-refractivity contribution in [2.75, 3.05) is 18.7 Å². The van der Waals surface area contributed by atoms with Crippen molar-refractivity contribution in [3.8, 4) is 17.2 Å². The molecule has 1 fully saturated rings. The van der Waals surface area contributed by atoms with Crippen molar-refractivity contribution in [3.63, 3.8) is 0 Å². The van der Waals surface area contributed by atoms with Gasteiger partial charge in [0, 0.05) is 22.9 Å². The number of phenolic OH excluding ortho intramolecular Hbond substituents is 1. The number of thioether (sulfide) groups is 1. The molecule has 0 aromatic heterocycles. The Morgan fingerprint density at radius 3 is 2.25 bits per heavy atom. The Kier molecular flexibility index (Phi) is 6.55. The molecule has 2 heterocycles. The Labute approximate surface area is 214 Å². The number of rotatable bonds is 4. The molecule has 0 unspecified atom stereocenters. The lowest BCUT2D eigenvalue weighted by atomic mass is 9.78. The summed E-state index contributed by atoms with van der Waals surface area (Å²) in [6, 6.07) is 8.63. The number of anilines is 1. The number of hydrogen-bond donors (Lipinski definition) is 2. The van der Waals surface area contributed by atoms with Crippen molar-refractivity contribution < 1.29 is 29.0 Å². The summed E-state index contributed by atoms with van der Waals surface area (Å²) in [6.45, 7) is 11.7. The lowest BCUT2D eigenvalue weighted by Gasteiger charge is -2.28. The van der Waals surface area contributed by atoms with Crippen LogP contribution in [0.3, 0.4) is 0 Å². The first-order valence-electron chi connectivity index (χ1n) is 11.6. The normalized spacial score (nSPS) is 16.7. The van der Waals surface area contributed by atoms with E-state index < -0.39 is 23.6 Å². The van der Waals surface area contributed by atoms with Gasteiger partial charge in [0.05, 0.1) is 4.91 Å². The van der Waals surface area contributed by atoms with Crippen LogP contribution < -0.4 is 14.8 Å². The molecule has 2 N–H and O–H groups in total. The Morgan fingerprint density at radius 1 is 1.03 bits per heavy atom. The van der Waals surface area contributed by atoms with Gasteiger partial charge in [0.25, 0.3) is 11.1 Å². The number of carbonyl (C=O) groups is 3. The number of nitrogens with zero attached hydrogens (tertiary/aromatic N) is 1. The third kappa shape index (κ3) is 5.21. The largest absolute Gasteiger partial charge is 0.507 e. The quantitative estimate of drug-likeness (QED) is 0.531. The Morgan fingerprint density at radius 2 is 1.64 bits per heavy atom. The second kappa shape index (κ2) is 9.20. The third-order valence-electron chi connectivity index (χ3n) is 5.88. The minimum atomic E-state index is -0.534. The summed E-state index contributed by atoms with van der Waals surface area (Å²) in [7, 11) is 0. The number of carbonyl (C=O) groups excluding carboxylic acids is 3. The molecule has 36 heavy (non-hydrogen) atoms. The summed E-state index contributed by atoms with van der Waals surface area (Å²) in [6.07, 6.45) is 1.64. The van der Waals surface area contributed by atoms with Gasteiger partial charge in [-0.15, -0.1) is 0 Å². The maximum Gasteiger partial charge on any atom is 0.294 e. The van der Waals surface area contributed by atoms with E-state index in [1.807, 2.05) is 53.7 Å². The SMILES string of the molecule is CC(C)(C)c1cc(/C=C2\SC(=O)N(CC(=O)Nc3ccc4c(c3)OCO4)C2=O)cc(C(C)(C)C)c1O. The van der Waals surface area contributed by atoms with Gasteiger partial charge in [-0.1, -0.05) is 41.5 Å². The Hall–Kier alpha value is -3.46. The molecule has 0 spiro atoms. The number of phenols is 1. The molecule has 1 saturated heterocycles.